The number of ether oxygens (including phenoxy) is 1. The number of hydrogen-bond donors (Lipinski definition) is 1. The van der Waals surface area contributed by atoms with Crippen LogP contribution in [0.1, 0.15) is 12.8 Å². The molecular weight excluding hydrogens is 204 g/mol. The van der Waals surface area contributed by atoms with E-state index in [2.05, 4.69) is 21.4 Å². The average molecular weight is 218 g/mol. The molecule has 2 fully saturated rings. The van der Waals surface area contributed by atoms with E-state index in [1.165, 1.54) is 0 Å². The SMILES string of the molecule is C1COOOC1.C=C(CC1CO1)C(=O)O. The van der Waals surface area contributed by atoms with E-state index >= 15 is 0 Å². The summed E-state index contributed by atoms with van der Waals surface area (Å²) in [6.45, 7) is 5.35. The standard InChI is InChI=1S/C6H8O3.C3H6O3/c1-4(6(7)8)2-5-3-9-5;1-2-4-6-5-3-1/h5H,1-3H2,(H,7,8);1-3H2. The van der Waals surface area contributed by atoms with Crippen molar-refractivity contribution in [1.29, 1.82) is 0 Å². The Balaban J connectivity index is 0.000000162. The Labute approximate surface area is 87.2 Å². The highest BCUT2D eigenvalue weighted by atomic mass is 17.5. The lowest BCUT2D eigenvalue weighted by molar-refractivity contribution is -0.532. The molecule has 86 valence electrons. The van der Waals surface area contributed by atoms with Gasteiger partial charge in [0.2, 0.25) is 0 Å². The summed E-state index contributed by atoms with van der Waals surface area (Å²) in [5.74, 6) is -0.925. The second-order valence-electron chi connectivity index (χ2n) is 3.13. The maximum atomic E-state index is 10.1. The monoisotopic (exact) mass is 218 g/mol. The minimum Gasteiger partial charge on any atom is -0.478 e. The maximum absolute atomic E-state index is 10.1. The van der Waals surface area contributed by atoms with Gasteiger partial charge in [0.25, 0.3) is 0 Å². The Kier molecular flexibility index (Phi) is 5.27. The van der Waals surface area contributed by atoms with Gasteiger partial charge in [-0.15, -0.1) is 0 Å². The quantitative estimate of drug-likeness (QED) is 0.426. The van der Waals surface area contributed by atoms with E-state index in [0.717, 1.165) is 6.42 Å². The molecule has 15 heavy (non-hydrogen) atoms. The third-order valence-electron chi connectivity index (χ3n) is 1.73. The van der Waals surface area contributed by atoms with Gasteiger partial charge in [0.05, 0.1) is 25.9 Å². The van der Waals surface area contributed by atoms with Crippen LogP contribution in [0.2, 0.25) is 0 Å². The molecule has 1 unspecified atom stereocenters. The fourth-order valence-corrected chi connectivity index (χ4v) is 0.827. The second-order valence-corrected chi connectivity index (χ2v) is 3.13. The summed E-state index contributed by atoms with van der Waals surface area (Å²) in [6, 6.07) is 0. The summed E-state index contributed by atoms with van der Waals surface area (Å²) in [7, 11) is 0. The molecule has 0 aromatic rings. The molecule has 2 heterocycles. The zero-order valence-corrected chi connectivity index (χ0v) is 8.31. The van der Waals surface area contributed by atoms with Gasteiger partial charge in [-0.05, 0) is 0 Å². The van der Waals surface area contributed by atoms with Crippen molar-refractivity contribution in [3.63, 3.8) is 0 Å². The van der Waals surface area contributed by atoms with Crippen molar-refractivity contribution in [3.05, 3.63) is 12.2 Å². The number of carbonyl (C=O) groups is 1. The minimum atomic E-state index is -0.925. The van der Waals surface area contributed by atoms with E-state index in [1.54, 1.807) is 0 Å². The molecular formula is C9H14O6. The molecule has 6 heteroatoms. The zero-order chi connectivity index (χ0) is 11.1. The van der Waals surface area contributed by atoms with Crippen LogP contribution >= 0.6 is 0 Å². The van der Waals surface area contributed by atoms with Crippen LogP contribution < -0.4 is 0 Å². The first-order valence-electron chi connectivity index (χ1n) is 4.64. The second kappa shape index (κ2) is 6.52. The smallest absolute Gasteiger partial charge is 0.331 e. The molecule has 2 aliphatic rings. The molecule has 1 atom stereocenters. The van der Waals surface area contributed by atoms with Crippen molar-refractivity contribution in [2.24, 2.45) is 0 Å². The van der Waals surface area contributed by atoms with Crippen molar-refractivity contribution >= 4 is 5.97 Å². The molecule has 0 aliphatic carbocycles. The number of rotatable bonds is 3. The first-order chi connectivity index (χ1) is 7.20. The van der Waals surface area contributed by atoms with Crippen LogP contribution in [0, 0.1) is 0 Å². The third kappa shape index (κ3) is 6.19. The van der Waals surface area contributed by atoms with Crippen LogP contribution in [-0.4, -0.2) is 37.0 Å². The molecule has 0 saturated carbocycles. The van der Waals surface area contributed by atoms with Crippen LogP contribution in [0.3, 0.4) is 0 Å². The van der Waals surface area contributed by atoms with Gasteiger partial charge in [-0.2, -0.15) is 0 Å². The maximum Gasteiger partial charge on any atom is 0.331 e. The summed E-state index contributed by atoms with van der Waals surface area (Å²) in [5, 5.41) is 12.4. The molecule has 0 radical (unpaired) electrons. The number of epoxide rings is 1. The van der Waals surface area contributed by atoms with Crippen LogP contribution in [0.4, 0.5) is 0 Å². The van der Waals surface area contributed by atoms with Crippen molar-refractivity contribution in [3.8, 4) is 0 Å². The predicted molar refractivity (Wildman–Crippen MR) is 48.7 cm³/mol. The van der Waals surface area contributed by atoms with Gasteiger partial charge in [0.15, 0.2) is 0 Å². The molecule has 2 aliphatic heterocycles. The lowest BCUT2D eigenvalue weighted by Gasteiger charge is -2.06. The summed E-state index contributed by atoms with van der Waals surface area (Å²) >= 11 is 0. The average Bonchev–Trinajstić information content (AvgIpc) is 3.05. The Morgan fingerprint density at radius 2 is 2.00 bits per heavy atom. The van der Waals surface area contributed by atoms with Crippen LogP contribution in [0.15, 0.2) is 12.2 Å². The molecule has 0 bridgehead atoms. The normalized spacial score (nSPS) is 23.6. The number of aliphatic carboxylic acids is 1. The Morgan fingerprint density at radius 3 is 2.27 bits per heavy atom. The first kappa shape index (κ1) is 12.1. The van der Waals surface area contributed by atoms with Gasteiger partial charge in [-0.1, -0.05) is 11.6 Å². The fraction of sp³-hybridized carbons (Fsp3) is 0.667. The van der Waals surface area contributed by atoms with Gasteiger partial charge in [0.1, 0.15) is 0 Å². The fourth-order valence-electron chi connectivity index (χ4n) is 0.827. The molecule has 2 saturated heterocycles. The van der Waals surface area contributed by atoms with E-state index in [1.807, 2.05) is 0 Å². The predicted octanol–water partition coefficient (Wildman–Crippen LogP) is 0.686. The van der Waals surface area contributed by atoms with Crippen molar-refractivity contribution in [1.82, 2.24) is 0 Å². The Bertz CT molecular complexity index is 207. The van der Waals surface area contributed by atoms with Crippen LogP contribution in [0.25, 0.3) is 0 Å². The van der Waals surface area contributed by atoms with Crippen molar-refractivity contribution in [2.45, 2.75) is 18.9 Å². The lowest BCUT2D eigenvalue weighted by Crippen LogP contribution is -2.08. The Morgan fingerprint density at radius 1 is 1.40 bits per heavy atom. The van der Waals surface area contributed by atoms with Gasteiger partial charge in [-0.3, -0.25) is 0 Å². The first-order valence-corrected chi connectivity index (χ1v) is 4.64. The molecule has 0 spiro atoms. The van der Waals surface area contributed by atoms with Crippen molar-refractivity contribution in [2.75, 3.05) is 19.8 Å². The molecule has 0 amide bonds. The molecule has 0 aromatic heterocycles. The number of carboxylic acid groups (broad SMARTS) is 1. The van der Waals surface area contributed by atoms with Gasteiger partial charge in [0, 0.05) is 18.4 Å². The Hall–Kier alpha value is -0.950. The summed E-state index contributed by atoms with van der Waals surface area (Å²) in [6.07, 6.45) is 1.53. The zero-order valence-electron chi connectivity index (χ0n) is 8.31. The topological polar surface area (TPSA) is 77.5 Å². The third-order valence-corrected chi connectivity index (χ3v) is 1.73. The molecule has 1 N–H and O–H groups in total. The lowest BCUT2D eigenvalue weighted by atomic mass is 10.2. The van der Waals surface area contributed by atoms with E-state index in [-0.39, 0.29) is 11.7 Å². The highest BCUT2D eigenvalue weighted by Crippen LogP contribution is 2.17. The van der Waals surface area contributed by atoms with E-state index < -0.39 is 5.97 Å². The van der Waals surface area contributed by atoms with Gasteiger partial charge < -0.3 is 9.84 Å². The van der Waals surface area contributed by atoms with Crippen molar-refractivity contribution < 1.29 is 29.5 Å². The largest absolute Gasteiger partial charge is 0.478 e. The highest BCUT2D eigenvalue weighted by molar-refractivity contribution is 5.85. The summed E-state index contributed by atoms with van der Waals surface area (Å²) in [5.41, 5.74) is 0.234. The number of hydrogen-bond acceptors (Lipinski definition) is 5. The molecule has 2 rings (SSSR count). The molecule has 0 aromatic carbocycles. The van der Waals surface area contributed by atoms with Crippen LogP contribution in [-0.2, 0) is 24.3 Å². The summed E-state index contributed by atoms with van der Waals surface area (Å²) in [4.78, 5) is 18.8. The van der Waals surface area contributed by atoms with E-state index in [0.29, 0.717) is 26.2 Å². The highest BCUT2D eigenvalue weighted by Gasteiger charge is 2.24. The van der Waals surface area contributed by atoms with Gasteiger partial charge in [-0.25, -0.2) is 14.6 Å². The molecule has 6 nitrogen and oxygen atoms in total. The van der Waals surface area contributed by atoms with Gasteiger partial charge >= 0.3 is 5.97 Å². The minimum absolute atomic E-state index is 0.133. The van der Waals surface area contributed by atoms with E-state index in [4.69, 9.17) is 9.84 Å². The van der Waals surface area contributed by atoms with Crippen LogP contribution in [0.5, 0.6) is 0 Å². The summed E-state index contributed by atoms with van der Waals surface area (Å²) < 4.78 is 4.81. The van der Waals surface area contributed by atoms with E-state index in [9.17, 15) is 4.79 Å². The number of carboxylic acids is 1.